The highest BCUT2D eigenvalue weighted by atomic mass is 19.1. The molecule has 0 aromatic heterocycles. The number of amides is 1. The third-order valence-corrected chi connectivity index (χ3v) is 5.73. The Labute approximate surface area is 150 Å². The SMILES string of the molecule is CN[C@@H](CC(C)C)C(=O)N[C@H]1CC[C@@H]2CN(c3cccc(F)c3)C[C@@H]21. The average Bonchev–Trinajstić information content (AvgIpc) is 3.14. The van der Waals surface area contributed by atoms with E-state index >= 15 is 0 Å². The van der Waals surface area contributed by atoms with Crippen LogP contribution in [0.3, 0.4) is 0 Å². The highest BCUT2D eigenvalue weighted by Crippen LogP contribution is 2.40. The summed E-state index contributed by atoms with van der Waals surface area (Å²) in [7, 11) is 1.85. The lowest BCUT2D eigenvalue weighted by Gasteiger charge is -2.25. The molecule has 5 heteroatoms. The summed E-state index contributed by atoms with van der Waals surface area (Å²) in [5, 5.41) is 6.43. The number of hydrogen-bond donors (Lipinski definition) is 2. The zero-order chi connectivity index (χ0) is 18.0. The largest absolute Gasteiger partial charge is 0.371 e. The number of anilines is 1. The van der Waals surface area contributed by atoms with Crippen LogP contribution in [0.4, 0.5) is 10.1 Å². The van der Waals surface area contributed by atoms with Gasteiger partial charge >= 0.3 is 0 Å². The molecule has 138 valence electrons. The standard InChI is InChI=1S/C20H30FN3O/c1-13(2)9-19(22-3)20(25)23-18-8-7-14-11-24(12-17(14)18)16-6-4-5-15(21)10-16/h4-6,10,13-14,17-19,22H,7-9,11-12H2,1-3H3,(H,23,25)/t14-,17+,18+,19+/m1/s1. The van der Waals surface area contributed by atoms with Crippen molar-refractivity contribution in [2.24, 2.45) is 17.8 Å². The fourth-order valence-corrected chi connectivity index (χ4v) is 4.44. The van der Waals surface area contributed by atoms with Gasteiger partial charge in [0.15, 0.2) is 0 Å². The minimum atomic E-state index is -0.190. The molecule has 1 aliphatic carbocycles. The Balaban J connectivity index is 1.61. The smallest absolute Gasteiger partial charge is 0.237 e. The van der Waals surface area contributed by atoms with Crippen molar-refractivity contribution in [3.05, 3.63) is 30.1 Å². The second-order valence-electron chi connectivity index (χ2n) is 7.97. The monoisotopic (exact) mass is 347 g/mol. The molecule has 2 N–H and O–H groups in total. The molecule has 1 aromatic rings. The molecular weight excluding hydrogens is 317 g/mol. The quantitative estimate of drug-likeness (QED) is 0.832. The van der Waals surface area contributed by atoms with Crippen LogP contribution in [-0.2, 0) is 4.79 Å². The van der Waals surface area contributed by atoms with Crippen LogP contribution in [-0.4, -0.2) is 38.1 Å². The molecule has 2 aliphatic rings. The van der Waals surface area contributed by atoms with Crippen molar-refractivity contribution in [2.45, 2.75) is 45.2 Å². The molecule has 1 amide bonds. The van der Waals surface area contributed by atoms with Gasteiger partial charge in [-0.05, 0) is 56.3 Å². The topological polar surface area (TPSA) is 44.4 Å². The summed E-state index contributed by atoms with van der Waals surface area (Å²) in [5.74, 6) is 1.46. The molecule has 4 atom stereocenters. The van der Waals surface area contributed by atoms with Gasteiger partial charge in [-0.2, -0.15) is 0 Å². The summed E-state index contributed by atoms with van der Waals surface area (Å²) in [6.07, 6.45) is 3.03. The van der Waals surface area contributed by atoms with E-state index in [2.05, 4.69) is 29.4 Å². The Kier molecular flexibility index (Phi) is 5.62. The van der Waals surface area contributed by atoms with Crippen molar-refractivity contribution in [1.82, 2.24) is 10.6 Å². The van der Waals surface area contributed by atoms with E-state index < -0.39 is 0 Å². The molecule has 0 bridgehead atoms. The second-order valence-corrected chi connectivity index (χ2v) is 7.97. The van der Waals surface area contributed by atoms with Crippen molar-refractivity contribution in [3.8, 4) is 0 Å². The van der Waals surface area contributed by atoms with Gasteiger partial charge in [0.2, 0.25) is 5.91 Å². The molecule has 25 heavy (non-hydrogen) atoms. The van der Waals surface area contributed by atoms with Crippen LogP contribution in [0, 0.1) is 23.6 Å². The molecule has 1 saturated carbocycles. The van der Waals surface area contributed by atoms with E-state index in [0.29, 0.717) is 17.8 Å². The van der Waals surface area contributed by atoms with E-state index in [1.54, 1.807) is 12.1 Å². The van der Waals surface area contributed by atoms with E-state index in [9.17, 15) is 9.18 Å². The predicted molar refractivity (Wildman–Crippen MR) is 99.1 cm³/mol. The fourth-order valence-electron chi connectivity index (χ4n) is 4.44. The third kappa shape index (κ3) is 4.14. The van der Waals surface area contributed by atoms with Gasteiger partial charge in [0, 0.05) is 30.7 Å². The first-order valence-electron chi connectivity index (χ1n) is 9.46. The van der Waals surface area contributed by atoms with Gasteiger partial charge in [0.05, 0.1) is 6.04 Å². The van der Waals surface area contributed by atoms with E-state index in [1.807, 2.05) is 13.1 Å². The zero-order valence-corrected chi connectivity index (χ0v) is 15.5. The number of carbonyl (C=O) groups is 1. The van der Waals surface area contributed by atoms with Gasteiger partial charge in [0.25, 0.3) is 0 Å². The summed E-state index contributed by atoms with van der Waals surface area (Å²) in [5.41, 5.74) is 0.951. The number of benzene rings is 1. The van der Waals surface area contributed by atoms with Crippen LogP contribution < -0.4 is 15.5 Å². The molecule has 1 aromatic carbocycles. The summed E-state index contributed by atoms with van der Waals surface area (Å²) in [6.45, 7) is 6.13. The van der Waals surface area contributed by atoms with Crippen LogP contribution in [0.25, 0.3) is 0 Å². The highest BCUT2D eigenvalue weighted by molar-refractivity contribution is 5.82. The normalized spacial score (nSPS) is 26.8. The Bertz CT molecular complexity index is 606. The first-order chi connectivity index (χ1) is 12.0. The minimum Gasteiger partial charge on any atom is -0.371 e. The third-order valence-electron chi connectivity index (χ3n) is 5.73. The zero-order valence-electron chi connectivity index (χ0n) is 15.5. The lowest BCUT2D eigenvalue weighted by Crippen LogP contribution is -2.49. The Morgan fingerprint density at radius 2 is 2.12 bits per heavy atom. The predicted octanol–water partition coefficient (Wildman–Crippen LogP) is 2.79. The van der Waals surface area contributed by atoms with Gasteiger partial charge in [0.1, 0.15) is 5.82 Å². The lowest BCUT2D eigenvalue weighted by molar-refractivity contribution is -0.124. The van der Waals surface area contributed by atoms with Crippen LogP contribution in [0.15, 0.2) is 24.3 Å². The molecule has 0 spiro atoms. The van der Waals surface area contributed by atoms with Gasteiger partial charge in [-0.1, -0.05) is 19.9 Å². The van der Waals surface area contributed by atoms with E-state index in [1.165, 1.54) is 6.07 Å². The highest BCUT2D eigenvalue weighted by Gasteiger charge is 2.43. The molecule has 1 heterocycles. The fraction of sp³-hybridized carbons (Fsp3) is 0.650. The minimum absolute atomic E-state index is 0.117. The van der Waals surface area contributed by atoms with Crippen molar-refractivity contribution in [1.29, 1.82) is 0 Å². The number of fused-ring (bicyclic) bond motifs is 1. The Morgan fingerprint density at radius 3 is 2.80 bits per heavy atom. The van der Waals surface area contributed by atoms with Crippen LogP contribution in [0.1, 0.15) is 33.1 Å². The molecule has 0 radical (unpaired) electrons. The molecule has 0 unspecified atom stereocenters. The van der Waals surface area contributed by atoms with Gasteiger partial charge < -0.3 is 15.5 Å². The van der Waals surface area contributed by atoms with Crippen molar-refractivity contribution >= 4 is 11.6 Å². The maximum absolute atomic E-state index is 13.5. The lowest BCUT2D eigenvalue weighted by atomic mass is 9.97. The van der Waals surface area contributed by atoms with Gasteiger partial charge in [-0.25, -0.2) is 4.39 Å². The molecule has 1 saturated heterocycles. The van der Waals surface area contributed by atoms with E-state index in [-0.39, 0.29) is 23.8 Å². The summed E-state index contributed by atoms with van der Waals surface area (Å²) < 4.78 is 13.5. The van der Waals surface area contributed by atoms with Crippen molar-refractivity contribution < 1.29 is 9.18 Å². The van der Waals surface area contributed by atoms with Crippen molar-refractivity contribution in [2.75, 3.05) is 25.0 Å². The first kappa shape index (κ1) is 18.2. The molecule has 2 fully saturated rings. The van der Waals surface area contributed by atoms with Gasteiger partial charge in [-0.3, -0.25) is 4.79 Å². The molecule has 3 rings (SSSR count). The molecular formula is C20H30FN3O. The average molecular weight is 347 g/mol. The summed E-state index contributed by atoms with van der Waals surface area (Å²) in [6, 6.07) is 6.93. The van der Waals surface area contributed by atoms with Crippen LogP contribution in [0.2, 0.25) is 0 Å². The number of carbonyl (C=O) groups excluding carboxylic acids is 1. The second kappa shape index (κ2) is 7.73. The molecule has 1 aliphatic heterocycles. The number of rotatable bonds is 6. The Hall–Kier alpha value is -1.62. The van der Waals surface area contributed by atoms with E-state index in [4.69, 9.17) is 0 Å². The number of nitrogens with zero attached hydrogens (tertiary/aromatic N) is 1. The van der Waals surface area contributed by atoms with Crippen LogP contribution in [0.5, 0.6) is 0 Å². The number of halogens is 1. The number of hydrogen-bond acceptors (Lipinski definition) is 3. The summed E-state index contributed by atoms with van der Waals surface area (Å²) >= 11 is 0. The Morgan fingerprint density at radius 1 is 1.32 bits per heavy atom. The van der Waals surface area contributed by atoms with Gasteiger partial charge in [-0.15, -0.1) is 0 Å². The van der Waals surface area contributed by atoms with E-state index in [0.717, 1.165) is 38.0 Å². The maximum Gasteiger partial charge on any atom is 0.237 e. The van der Waals surface area contributed by atoms with Crippen molar-refractivity contribution in [3.63, 3.8) is 0 Å². The maximum atomic E-state index is 13.5. The summed E-state index contributed by atoms with van der Waals surface area (Å²) in [4.78, 5) is 14.9. The van der Waals surface area contributed by atoms with Crippen LogP contribution >= 0.6 is 0 Å². The number of nitrogens with one attached hydrogen (secondary N) is 2. The number of likely N-dealkylation sites (N-methyl/N-ethyl adjacent to an activating group) is 1. The first-order valence-corrected chi connectivity index (χ1v) is 9.46. The molecule has 4 nitrogen and oxygen atoms in total.